The third-order valence-corrected chi connectivity index (χ3v) is 7.45. The van der Waals surface area contributed by atoms with Crippen LogP contribution in [0.25, 0.3) is 11.1 Å². The summed E-state index contributed by atoms with van der Waals surface area (Å²) in [7, 11) is 0. The van der Waals surface area contributed by atoms with Crippen molar-refractivity contribution in [2.45, 2.75) is 70.3 Å². The van der Waals surface area contributed by atoms with Crippen LogP contribution in [0.15, 0.2) is 54.6 Å². The van der Waals surface area contributed by atoms with Gasteiger partial charge < -0.3 is 10.2 Å². The first-order valence-corrected chi connectivity index (χ1v) is 12.6. The fraction of sp³-hybridized carbons (Fsp3) is 0.400. The van der Waals surface area contributed by atoms with E-state index in [2.05, 4.69) is 6.92 Å². The molecule has 1 saturated carbocycles. The molecule has 0 aromatic heterocycles. The van der Waals surface area contributed by atoms with Gasteiger partial charge in [0.25, 0.3) is 0 Å². The van der Waals surface area contributed by atoms with Crippen molar-refractivity contribution < 1.29 is 23.4 Å². The van der Waals surface area contributed by atoms with Gasteiger partial charge >= 0.3 is 0 Å². The van der Waals surface area contributed by atoms with E-state index in [0.29, 0.717) is 29.5 Å². The Balaban J connectivity index is 1.37. The molecule has 3 aromatic carbocycles. The summed E-state index contributed by atoms with van der Waals surface area (Å²) >= 11 is 0. The van der Waals surface area contributed by atoms with Crippen molar-refractivity contribution in [1.29, 1.82) is 0 Å². The Bertz CT molecular complexity index is 1140. The standard InChI is InChI=1S/C30H33F3O2/c1-2-3-27(34)22-12-10-21(11-13-22)25-16-14-23(29(32)30(25)33)9-6-19-4-7-20(8-5-19)24-15-17-28(35)26(31)18-24/h4-5,7-8,14-18,21-22,27,34-35H,2-3,6,9-13H2,1H3. The second-order valence-corrected chi connectivity index (χ2v) is 9.77. The molecule has 35 heavy (non-hydrogen) atoms. The molecule has 1 aliphatic rings. The fourth-order valence-corrected chi connectivity index (χ4v) is 5.29. The molecule has 0 radical (unpaired) electrons. The topological polar surface area (TPSA) is 40.5 Å². The maximum absolute atomic E-state index is 15.0. The molecule has 1 aliphatic carbocycles. The molecule has 0 aliphatic heterocycles. The molecule has 0 bridgehead atoms. The minimum absolute atomic E-state index is 0.000840. The van der Waals surface area contributed by atoms with Gasteiger partial charge in [0, 0.05) is 0 Å². The summed E-state index contributed by atoms with van der Waals surface area (Å²) in [6, 6.07) is 15.2. The summed E-state index contributed by atoms with van der Waals surface area (Å²) in [6.07, 6.45) is 5.64. The highest BCUT2D eigenvalue weighted by Gasteiger charge is 2.29. The Hall–Kier alpha value is -2.79. The second-order valence-electron chi connectivity index (χ2n) is 9.77. The molecule has 4 rings (SSSR count). The number of phenols is 1. The average Bonchev–Trinajstić information content (AvgIpc) is 2.87. The summed E-state index contributed by atoms with van der Waals surface area (Å²) < 4.78 is 43.5. The second kappa shape index (κ2) is 11.3. The number of aliphatic hydroxyl groups is 1. The Morgan fingerprint density at radius 2 is 1.51 bits per heavy atom. The zero-order valence-electron chi connectivity index (χ0n) is 20.1. The molecule has 5 heteroatoms. The Labute approximate surface area is 205 Å². The van der Waals surface area contributed by atoms with E-state index in [1.165, 1.54) is 12.1 Å². The zero-order chi connectivity index (χ0) is 24.9. The highest BCUT2D eigenvalue weighted by atomic mass is 19.2. The van der Waals surface area contributed by atoms with Crippen LogP contribution >= 0.6 is 0 Å². The first kappa shape index (κ1) is 25.3. The van der Waals surface area contributed by atoms with Crippen LogP contribution < -0.4 is 0 Å². The van der Waals surface area contributed by atoms with Gasteiger partial charge in [-0.3, -0.25) is 0 Å². The lowest BCUT2D eigenvalue weighted by Crippen LogP contribution is -2.25. The van der Waals surface area contributed by atoms with Gasteiger partial charge in [0.1, 0.15) is 0 Å². The van der Waals surface area contributed by atoms with E-state index in [1.54, 1.807) is 18.2 Å². The number of hydrogen-bond donors (Lipinski definition) is 2. The van der Waals surface area contributed by atoms with Gasteiger partial charge in [-0.2, -0.15) is 0 Å². The summed E-state index contributed by atoms with van der Waals surface area (Å²) in [5.74, 6) is -2.28. The predicted octanol–water partition coefficient (Wildman–Crippen LogP) is 7.70. The van der Waals surface area contributed by atoms with Crippen molar-refractivity contribution in [3.8, 4) is 16.9 Å². The molecular weight excluding hydrogens is 449 g/mol. The lowest BCUT2D eigenvalue weighted by atomic mass is 9.75. The molecule has 0 heterocycles. The number of benzene rings is 3. The Kier molecular flexibility index (Phi) is 8.17. The monoisotopic (exact) mass is 482 g/mol. The molecule has 2 N–H and O–H groups in total. The lowest BCUT2D eigenvalue weighted by Gasteiger charge is -2.32. The molecule has 0 saturated heterocycles. The highest BCUT2D eigenvalue weighted by Crippen LogP contribution is 2.39. The van der Waals surface area contributed by atoms with E-state index in [1.807, 2.05) is 24.3 Å². The van der Waals surface area contributed by atoms with Crippen LogP contribution in [0.5, 0.6) is 5.75 Å². The van der Waals surface area contributed by atoms with Gasteiger partial charge in [-0.25, -0.2) is 13.2 Å². The van der Waals surface area contributed by atoms with Gasteiger partial charge in [-0.05, 0) is 96.7 Å². The number of aliphatic hydroxyl groups excluding tert-OH is 1. The third-order valence-electron chi connectivity index (χ3n) is 7.45. The fourth-order valence-electron chi connectivity index (χ4n) is 5.29. The Morgan fingerprint density at radius 1 is 0.829 bits per heavy atom. The van der Waals surface area contributed by atoms with Gasteiger partial charge in [0.05, 0.1) is 6.10 Å². The number of rotatable bonds is 8. The molecule has 3 aromatic rings. The predicted molar refractivity (Wildman–Crippen MR) is 133 cm³/mol. The SMILES string of the molecule is CCCC(O)C1CCC(c2ccc(CCc3ccc(-c4ccc(O)c(F)c4)cc3)c(F)c2F)CC1. The maximum Gasteiger partial charge on any atom is 0.165 e. The number of aryl methyl sites for hydroxylation is 2. The van der Waals surface area contributed by atoms with Crippen LogP contribution in [0.4, 0.5) is 13.2 Å². The van der Waals surface area contributed by atoms with Crippen LogP contribution in [-0.4, -0.2) is 16.3 Å². The van der Waals surface area contributed by atoms with Crippen LogP contribution in [0.1, 0.15) is 68.1 Å². The van der Waals surface area contributed by atoms with Crippen molar-refractivity contribution in [2.24, 2.45) is 5.92 Å². The first-order chi connectivity index (χ1) is 16.9. The highest BCUT2D eigenvalue weighted by molar-refractivity contribution is 5.64. The van der Waals surface area contributed by atoms with E-state index >= 15 is 0 Å². The first-order valence-electron chi connectivity index (χ1n) is 12.6. The molecule has 0 spiro atoms. The number of aromatic hydroxyl groups is 1. The van der Waals surface area contributed by atoms with E-state index in [0.717, 1.165) is 49.7 Å². The summed E-state index contributed by atoms with van der Waals surface area (Å²) in [5, 5.41) is 19.6. The van der Waals surface area contributed by atoms with Crippen molar-refractivity contribution in [1.82, 2.24) is 0 Å². The normalized spacial score (nSPS) is 19.0. The van der Waals surface area contributed by atoms with Crippen LogP contribution in [0.3, 0.4) is 0 Å². The smallest absolute Gasteiger partial charge is 0.165 e. The van der Waals surface area contributed by atoms with Gasteiger partial charge in [-0.1, -0.05) is 55.8 Å². The summed E-state index contributed by atoms with van der Waals surface area (Å²) in [5.41, 5.74) is 3.26. The van der Waals surface area contributed by atoms with Crippen LogP contribution in [0.2, 0.25) is 0 Å². The van der Waals surface area contributed by atoms with Crippen LogP contribution in [0, 0.1) is 23.4 Å². The van der Waals surface area contributed by atoms with Crippen molar-refractivity contribution >= 4 is 0 Å². The molecule has 1 fully saturated rings. The van der Waals surface area contributed by atoms with Gasteiger partial charge in [0.15, 0.2) is 23.2 Å². The van der Waals surface area contributed by atoms with E-state index in [9.17, 15) is 23.4 Å². The van der Waals surface area contributed by atoms with E-state index in [-0.39, 0.29) is 23.7 Å². The number of hydrogen-bond acceptors (Lipinski definition) is 2. The largest absolute Gasteiger partial charge is 0.505 e. The average molecular weight is 483 g/mol. The number of halogens is 3. The minimum atomic E-state index is -0.758. The maximum atomic E-state index is 15.0. The molecule has 2 nitrogen and oxygen atoms in total. The van der Waals surface area contributed by atoms with Crippen LogP contribution in [-0.2, 0) is 12.8 Å². The molecule has 186 valence electrons. The molecular formula is C30H33F3O2. The lowest BCUT2D eigenvalue weighted by molar-refractivity contribution is 0.0727. The van der Waals surface area contributed by atoms with Crippen molar-refractivity contribution in [3.05, 3.63) is 88.7 Å². The number of phenolic OH excluding ortho intramolecular Hbond substituents is 1. The van der Waals surface area contributed by atoms with Crippen molar-refractivity contribution in [3.63, 3.8) is 0 Å². The van der Waals surface area contributed by atoms with Crippen molar-refractivity contribution in [2.75, 3.05) is 0 Å². The zero-order valence-corrected chi connectivity index (χ0v) is 20.1. The summed E-state index contributed by atoms with van der Waals surface area (Å²) in [4.78, 5) is 0. The van der Waals surface area contributed by atoms with Gasteiger partial charge in [-0.15, -0.1) is 0 Å². The van der Waals surface area contributed by atoms with Gasteiger partial charge in [0.2, 0.25) is 0 Å². The minimum Gasteiger partial charge on any atom is -0.505 e. The molecule has 1 atom stereocenters. The summed E-state index contributed by atoms with van der Waals surface area (Å²) in [6.45, 7) is 2.06. The molecule has 1 unspecified atom stereocenters. The quantitative estimate of drug-likeness (QED) is 0.345. The Morgan fingerprint density at radius 3 is 2.17 bits per heavy atom. The molecule has 0 amide bonds. The van der Waals surface area contributed by atoms with E-state index in [4.69, 9.17) is 0 Å². The third kappa shape index (κ3) is 5.90. The van der Waals surface area contributed by atoms with E-state index < -0.39 is 17.5 Å².